The fraction of sp³-hybridized carbons (Fsp3) is 0.0526. The lowest BCUT2D eigenvalue weighted by Crippen LogP contribution is -2.81. The van der Waals surface area contributed by atoms with E-state index in [0.717, 1.165) is 5.69 Å². The molecule has 61 heavy (non-hydrogen) atoms. The van der Waals surface area contributed by atoms with Crippen molar-refractivity contribution in [1.29, 1.82) is 0 Å². The Morgan fingerprint density at radius 1 is 0.426 bits per heavy atom. The van der Waals surface area contributed by atoms with Gasteiger partial charge in [0.05, 0.1) is 16.8 Å². The molecule has 9 aromatic rings. The van der Waals surface area contributed by atoms with Crippen LogP contribution in [0.15, 0.2) is 218 Å². The predicted molar refractivity (Wildman–Crippen MR) is 265 cm³/mol. The molecule has 0 fully saturated rings. The zero-order chi connectivity index (χ0) is 40.9. The minimum atomic E-state index is -2.99. The van der Waals surface area contributed by atoms with Crippen LogP contribution >= 0.6 is 6.04 Å². The molecule has 0 saturated heterocycles. The van der Waals surface area contributed by atoms with Crippen LogP contribution in [0, 0.1) is 13.8 Å². The van der Waals surface area contributed by atoms with Crippen molar-refractivity contribution in [3.05, 3.63) is 252 Å². The third-order valence-electron chi connectivity index (χ3n) is 13.7. The summed E-state index contributed by atoms with van der Waals surface area (Å²) in [6, 6.07) is 80.2. The summed E-state index contributed by atoms with van der Waals surface area (Å²) in [6.07, 6.45) is 0. The lowest BCUT2D eigenvalue weighted by atomic mass is 9.64. The summed E-state index contributed by atoms with van der Waals surface area (Å²) >= 11 is 7.25. The van der Waals surface area contributed by atoms with Gasteiger partial charge in [-0.05, 0) is 108 Å². The van der Waals surface area contributed by atoms with Gasteiger partial charge in [0, 0.05) is 11.7 Å². The van der Waals surface area contributed by atoms with E-state index in [1.807, 2.05) is 0 Å². The Labute approximate surface area is 364 Å². The Morgan fingerprint density at radius 3 is 1.48 bits per heavy atom. The topological polar surface area (TPSA) is 3.24 Å². The van der Waals surface area contributed by atoms with Gasteiger partial charge >= 0.3 is 0 Å². The fourth-order valence-corrected chi connectivity index (χ4v) is 22.8. The van der Waals surface area contributed by atoms with Gasteiger partial charge in [-0.3, -0.25) is 0 Å². The van der Waals surface area contributed by atoms with E-state index >= 15 is 0 Å². The van der Waals surface area contributed by atoms with Crippen LogP contribution in [0.25, 0.3) is 11.1 Å². The second-order valence-corrected chi connectivity index (χ2v) is 24.9. The van der Waals surface area contributed by atoms with Crippen LogP contribution in [-0.4, -0.2) is 8.07 Å². The van der Waals surface area contributed by atoms with Gasteiger partial charge in [-0.2, -0.15) is 0 Å². The molecule has 1 spiro atoms. The molecule has 0 amide bonds. The van der Waals surface area contributed by atoms with E-state index in [1.54, 1.807) is 0 Å². The SMILES string of the molecule is Cc1ccc2c(c1)C1(c3ccccc3-c3ccccc31)c1cc(C)ccc1N2c1ccc2c(c1)[Si](c1ccccc1)(c1ccccc1)c1ccccc1P2(=S)c1ccccc1. The Bertz CT molecular complexity index is 3130. The number of aryl methyl sites for hydroxylation is 2. The minimum Gasteiger partial charge on any atom is -0.310 e. The highest BCUT2D eigenvalue weighted by molar-refractivity contribution is 8.26. The summed E-state index contributed by atoms with van der Waals surface area (Å²) in [5.41, 5.74) is 13.5. The van der Waals surface area contributed by atoms with E-state index in [1.165, 1.54) is 92.5 Å². The van der Waals surface area contributed by atoms with Gasteiger partial charge in [0.2, 0.25) is 0 Å². The van der Waals surface area contributed by atoms with Crippen LogP contribution in [0.4, 0.5) is 17.1 Å². The van der Waals surface area contributed by atoms with Crippen LogP contribution in [0.5, 0.6) is 0 Å². The number of nitrogens with zero attached hydrogens (tertiary/aromatic N) is 1. The Morgan fingerprint density at radius 2 is 0.902 bits per heavy atom. The molecule has 2 heterocycles. The third kappa shape index (κ3) is 4.86. The average Bonchev–Trinajstić information content (AvgIpc) is 3.61. The monoisotopic (exact) mass is 831 g/mol. The van der Waals surface area contributed by atoms with E-state index in [2.05, 4.69) is 237 Å². The van der Waals surface area contributed by atoms with Crippen molar-refractivity contribution in [1.82, 2.24) is 0 Å². The molecule has 1 nitrogen and oxygen atoms in total. The molecule has 290 valence electrons. The first-order valence-corrected chi connectivity index (χ1v) is 26.0. The summed E-state index contributed by atoms with van der Waals surface area (Å²) in [7, 11) is -2.99. The number of fused-ring (bicyclic) bond motifs is 11. The molecule has 4 heteroatoms. The average molecular weight is 832 g/mol. The Kier molecular flexibility index (Phi) is 8.12. The van der Waals surface area contributed by atoms with E-state index in [4.69, 9.17) is 11.8 Å². The van der Waals surface area contributed by atoms with Gasteiger partial charge in [-0.1, -0.05) is 217 Å². The molecule has 1 unspecified atom stereocenters. The van der Waals surface area contributed by atoms with Gasteiger partial charge < -0.3 is 4.90 Å². The van der Waals surface area contributed by atoms with E-state index in [-0.39, 0.29) is 0 Å². The largest absolute Gasteiger partial charge is 0.310 e. The Balaban J connectivity index is 1.21. The number of anilines is 3. The molecule has 9 aromatic carbocycles. The van der Waals surface area contributed by atoms with Crippen molar-refractivity contribution in [2.24, 2.45) is 0 Å². The molecule has 0 radical (unpaired) electrons. The standard InChI is InChI=1S/C57H42NPSSi/c1-39-30-33-51-49(36-39)57(47-26-14-12-24-45(47)46-25-13-15-27-48(46)57)50-37-40(2)31-34-52(50)58(51)41-32-35-54-56(38-41)61(43-20-8-4-9-21-43,44-22-10-5-11-23-44)55-29-17-16-28-53(55)59(54,60)42-18-6-3-7-19-42/h3-38H,1-2H3. The van der Waals surface area contributed by atoms with Gasteiger partial charge in [0.15, 0.2) is 8.07 Å². The maximum atomic E-state index is 7.25. The van der Waals surface area contributed by atoms with Crippen LogP contribution in [0.3, 0.4) is 0 Å². The zero-order valence-electron chi connectivity index (χ0n) is 34.1. The van der Waals surface area contributed by atoms with Crippen molar-refractivity contribution in [2.75, 3.05) is 4.90 Å². The number of rotatable bonds is 4. The van der Waals surface area contributed by atoms with Crippen LogP contribution < -0.4 is 41.6 Å². The Hall–Kier alpha value is -6.35. The summed E-state index contributed by atoms with van der Waals surface area (Å²) in [5.74, 6) is 0. The molecule has 12 rings (SSSR count). The van der Waals surface area contributed by atoms with Crippen molar-refractivity contribution in [2.45, 2.75) is 19.3 Å². The maximum absolute atomic E-state index is 7.25. The first-order valence-electron chi connectivity index (χ1n) is 21.2. The molecule has 0 bridgehead atoms. The molecule has 0 N–H and O–H groups in total. The highest BCUT2D eigenvalue weighted by Gasteiger charge is 2.54. The molecule has 1 atom stereocenters. The van der Waals surface area contributed by atoms with Gasteiger partial charge in [0.25, 0.3) is 0 Å². The zero-order valence-corrected chi connectivity index (χ0v) is 36.8. The summed E-state index contributed by atoms with van der Waals surface area (Å²) in [4.78, 5) is 2.57. The summed E-state index contributed by atoms with van der Waals surface area (Å²) < 4.78 is 0. The lowest BCUT2D eigenvalue weighted by Gasteiger charge is -2.47. The first kappa shape index (κ1) is 36.5. The summed E-state index contributed by atoms with van der Waals surface area (Å²) in [6.45, 7) is 4.48. The van der Waals surface area contributed by atoms with Crippen LogP contribution in [-0.2, 0) is 17.2 Å². The van der Waals surface area contributed by atoms with E-state index < -0.39 is 19.5 Å². The maximum Gasteiger partial charge on any atom is 0.181 e. The molecule has 3 aliphatic rings. The molecule has 0 aromatic heterocycles. The number of benzene rings is 9. The minimum absolute atomic E-state index is 0.485. The fourth-order valence-electron chi connectivity index (χ4n) is 11.3. The second kappa shape index (κ2) is 13.6. The van der Waals surface area contributed by atoms with Gasteiger partial charge in [0.1, 0.15) is 0 Å². The van der Waals surface area contributed by atoms with Gasteiger partial charge in [-0.25, -0.2) is 0 Å². The van der Waals surface area contributed by atoms with E-state index in [0.29, 0.717) is 0 Å². The highest BCUT2D eigenvalue weighted by Crippen LogP contribution is 2.63. The van der Waals surface area contributed by atoms with Crippen molar-refractivity contribution >= 4 is 79.6 Å². The molecular formula is C57H42NPSSi. The molecule has 1 aliphatic carbocycles. The molecule has 2 aliphatic heterocycles. The van der Waals surface area contributed by atoms with Crippen LogP contribution in [0.2, 0.25) is 0 Å². The third-order valence-corrected chi connectivity index (χ3v) is 24.0. The predicted octanol–water partition coefficient (Wildman–Crippen LogP) is 9.90. The second-order valence-electron chi connectivity index (χ2n) is 16.9. The van der Waals surface area contributed by atoms with Crippen LogP contribution in [0.1, 0.15) is 33.4 Å². The number of hydrogen-bond acceptors (Lipinski definition) is 2. The normalized spacial score (nSPS) is 17.0. The number of hydrogen-bond donors (Lipinski definition) is 0. The van der Waals surface area contributed by atoms with Crippen molar-refractivity contribution in [3.8, 4) is 11.1 Å². The van der Waals surface area contributed by atoms with Crippen molar-refractivity contribution in [3.63, 3.8) is 0 Å². The lowest BCUT2D eigenvalue weighted by molar-refractivity contribution is 0.750. The first-order chi connectivity index (χ1) is 30.0. The quantitative estimate of drug-likeness (QED) is 0.128. The molecular weight excluding hydrogens is 790 g/mol. The highest BCUT2D eigenvalue weighted by atomic mass is 32.4. The van der Waals surface area contributed by atoms with Gasteiger partial charge in [-0.15, -0.1) is 0 Å². The van der Waals surface area contributed by atoms with Crippen molar-refractivity contribution < 1.29 is 0 Å². The van der Waals surface area contributed by atoms with E-state index in [9.17, 15) is 0 Å². The molecule has 0 saturated carbocycles. The summed E-state index contributed by atoms with van der Waals surface area (Å²) in [5, 5.41) is 9.36. The smallest absolute Gasteiger partial charge is 0.181 e.